The minimum atomic E-state index is -1.35. The van der Waals surface area contributed by atoms with Gasteiger partial charge in [0.25, 0.3) is 0 Å². The SMILES string of the molecule is CC(C)(C)OC(=O)N1CC[C@H](Oc2ccc(Br)cc2C#N)C(F)C1. The number of piperidine rings is 1. The van der Waals surface area contributed by atoms with Gasteiger partial charge < -0.3 is 14.4 Å². The van der Waals surface area contributed by atoms with E-state index in [1.54, 1.807) is 39.0 Å². The molecule has 0 saturated carbocycles. The van der Waals surface area contributed by atoms with Crippen molar-refractivity contribution in [2.45, 2.75) is 45.1 Å². The number of hydrogen-bond acceptors (Lipinski definition) is 4. The van der Waals surface area contributed by atoms with Gasteiger partial charge in [-0.2, -0.15) is 5.26 Å². The molecule has 130 valence electrons. The van der Waals surface area contributed by atoms with E-state index in [-0.39, 0.29) is 6.54 Å². The van der Waals surface area contributed by atoms with Gasteiger partial charge in [0.15, 0.2) is 6.17 Å². The predicted octanol–water partition coefficient (Wildman–Crippen LogP) is 4.05. The number of carbonyl (C=O) groups is 1. The van der Waals surface area contributed by atoms with Crippen molar-refractivity contribution in [2.24, 2.45) is 0 Å². The Morgan fingerprint density at radius 3 is 2.75 bits per heavy atom. The quantitative estimate of drug-likeness (QED) is 0.753. The minimum Gasteiger partial charge on any atom is -0.486 e. The second-order valence-corrected chi connectivity index (χ2v) is 7.56. The molecular formula is C17H20BrFN2O3. The van der Waals surface area contributed by atoms with Crippen LogP contribution < -0.4 is 4.74 Å². The third-order valence-corrected chi connectivity index (χ3v) is 3.97. The van der Waals surface area contributed by atoms with Crippen molar-refractivity contribution < 1.29 is 18.7 Å². The van der Waals surface area contributed by atoms with Crippen LogP contribution >= 0.6 is 15.9 Å². The smallest absolute Gasteiger partial charge is 0.410 e. The van der Waals surface area contributed by atoms with E-state index in [0.29, 0.717) is 24.3 Å². The van der Waals surface area contributed by atoms with E-state index in [4.69, 9.17) is 14.7 Å². The second-order valence-electron chi connectivity index (χ2n) is 6.64. The lowest BCUT2D eigenvalue weighted by atomic mass is 10.1. The summed E-state index contributed by atoms with van der Waals surface area (Å²) in [5.41, 5.74) is -0.277. The first kappa shape index (κ1) is 18.5. The van der Waals surface area contributed by atoms with Gasteiger partial charge in [-0.15, -0.1) is 0 Å². The zero-order valence-corrected chi connectivity index (χ0v) is 15.5. The molecule has 0 aliphatic carbocycles. The fraction of sp³-hybridized carbons (Fsp3) is 0.529. The Bertz CT molecular complexity index is 654. The summed E-state index contributed by atoms with van der Waals surface area (Å²) in [5, 5.41) is 9.15. The number of amides is 1. The van der Waals surface area contributed by atoms with Crippen LogP contribution in [-0.2, 0) is 4.74 Å². The van der Waals surface area contributed by atoms with Crippen LogP contribution in [0.3, 0.4) is 0 Å². The number of alkyl halides is 1. The van der Waals surface area contributed by atoms with Crippen LogP contribution in [0.1, 0.15) is 32.8 Å². The molecule has 5 nitrogen and oxygen atoms in total. The van der Waals surface area contributed by atoms with Gasteiger partial charge in [-0.05, 0) is 39.0 Å². The number of nitriles is 1. The molecule has 0 bridgehead atoms. The summed E-state index contributed by atoms with van der Waals surface area (Å²) in [6, 6.07) is 7.02. The summed E-state index contributed by atoms with van der Waals surface area (Å²) < 4.78 is 26.1. The third kappa shape index (κ3) is 4.84. The van der Waals surface area contributed by atoms with Gasteiger partial charge in [0, 0.05) is 17.4 Å². The Kier molecular flexibility index (Phi) is 5.70. The van der Waals surface area contributed by atoms with Crippen molar-refractivity contribution in [3.8, 4) is 11.8 Å². The first-order valence-electron chi connectivity index (χ1n) is 7.68. The molecule has 1 saturated heterocycles. The summed E-state index contributed by atoms with van der Waals surface area (Å²) in [6.07, 6.45) is -2.23. The monoisotopic (exact) mass is 398 g/mol. The lowest BCUT2D eigenvalue weighted by Crippen LogP contribution is -2.50. The van der Waals surface area contributed by atoms with Crippen LogP contribution in [0.5, 0.6) is 5.75 Å². The molecule has 1 amide bonds. The Morgan fingerprint density at radius 2 is 2.17 bits per heavy atom. The molecular weight excluding hydrogens is 379 g/mol. The maximum atomic E-state index is 14.4. The van der Waals surface area contributed by atoms with Gasteiger partial charge in [-0.25, -0.2) is 9.18 Å². The van der Waals surface area contributed by atoms with Crippen LogP contribution in [0.2, 0.25) is 0 Å². The van der Waals surface area contributed by atoms with Crippen molar-refractivity contribution in [1.29, 1.82) is 5.26 Å². The number of hydrogen-bond donors (Lipinski definition) is 0. The normalized spacial score (nSPS) is 21.1. The molecule has 7 heteroatoms. The predicted molar refractivity (Wildman–Crippen MR) is 90.6 cm³/mol. The number of benzene rings is 1. The van der Waals surface area contributed by atoms with Gasteiger partial charge in [-0.1, -0.05) is 15.9 Å². The first-order chi connectivity index (χ1) is 11.2. The molecule has 1 heterocycles. The van der Waals surface area contributed by atoms with E-state index >= 15 is 0 Å². The van der Waals surface area contributed by atoms with Crippen molar-refractivity contribution >= 4 is 22.0 Å². The standard InChI is InChI=1S/C17H20BrFN2O3/c1-17(2,3)24-16(22)21-7-6-15(13(19)10-21)23-14-5-4-12(18)8-11(14)9-20/h4-5,8,13,15H,6-7,10H2,1-3H3/t13?,15-/m0/s1. The zero-order chi connectivity index (χ0) is 17.9. The number of nitrogens with zero attached hydrogens (tertiary/aromatic N) is 2. The maximum Gasteiger partial charge on any atom is 0.410 e. The summed E-state index contributed by atoms with van der Waals surface area (Å²) >= 11 is 3.28. The average molecular weight is 399 g/mol. The molecule has 2 rings (SSSR count). The fourth-order valence-corrected chi connectivity index (χ4v) is 2.72. The minimum absolute atomic E-state index is 0.0853. The Labute approximate surface area is 149 Å². The summed E-state index contributed by atoms with van der Waals surface area (Å²) in [5.74, 6) is 0.346. The van der Waals surface area contributed by atoms with Crippen LogP contribution in [0.15, 0.2) is 22.7 Å². The van der Waals surface area contributed by atoms with Gasteiger partial charge in [0.05, 0.1) is 12.1 Å². The van der Waals surface area contributed by atoms with Crippen LogP contribution in [0.25, 0.3) is 0 Å². The average Bonchev–Trinajstić information content (AvgIpc) is 2.49. The van der Waals surface area contributed by atoms with Gasteiger partial charge >= 0.3 is 6.09 Å². The van der Waals surface area contributed by atoms with E-state index in [2.05, 4.69) is 15.9 Å². The second kappa shape index (κ2) is 7.39. The van der Waals surface area contributed by atoms with Crippen molar-refractivity contribution in [2.75, 3.05) is 13.1 Å². The van der Waals surface area contributed by atoms with E-state index in [0.717, 1.165) is 4.47 Å². The summed E-state index contributed by atoms with van der Waals surface area (Å²) in [6.45, 7) is 5.57. The summed E-state index contributed by atoms with van der Waals surface area (Å²) in [4.78, 5) is 13.4. The molecule has 0 radical (unpaired) electrons. The maximum absolute atomic E-state index is 14.4. The molecule has 0 N–H and O–H groups in total. The molecule has 0 spiro atoms. The zero-order valence-electron chi connectivity index (χ0n) is 13.9. The molecule has 0 aromatic heterocycles. The molecule has 1 fully saturated rings. The van der Waals surface area contributed by atoms with E-state index in [9.17, 15) is 9.18 Å². The van der Waals surface area contributed by atoms with Gasteiger partial charge in [0.2, 0.25) is 0 Å². The Hall–Kier alpha value is -1.81. The highest BCUT2D eigenvalue weighted by molar-refractivity contribution is 9.10. The fourth-order valence-electron chi connectivity index (χ4n) is 2.36. The van der Waals surface area contributed by atoms with Crippen LogP contribution in [-0.4, -0.2) is 42.0 Å². The van der Waals surface area contributed by atoms with Crippen molar-refractivity contribution in [1.82, 2.24) is 4.90 Å². The number of likely N-dealkylation sites (tertiary alicyclic amines) is 1. The first-order valence-corrected chi connectivity index (χ1v) is 8.47. The largest absolute Gasteiger partial charge is 0.486 e. The van der Waals surface area contributed by atoms with Crippen LogP contribution in [0, 0.1) is 11.3 Å². The van der Waals surface area contributed by atoms with Crippen molar-refractivity contribution in [3.63, 3.8) is 0 Å². The van der Waals surface area contributed by atoms with Crippen molar-refractivity contribution in [3.05, 3.63) is 28.2 Å². The van der Waals surface area contributed by atoms with E-state index < -0.39 is 24.0 Å². The number of rotatable bonds is 2. The lowest BCUT2D eigenvalue weighted by molar-refractivity contribution is -0.0106. The number of ether oxygens (including phenoxy) is 2. The topological polar surface area (TPSA) is 62.6 Å². The van der Waals surface area contributed by atoms with E-state index in [1.807, 2.05) is 6.07 Å². The van der Waals surface area contributed by atoms with Crippen LogP contribution in [0.4, 0.5) is 9.18 Å². The van der Waals surface area contributed by atoms with Gasteiger partial charge in [-0.3, -0.25) is 0 Å². The summed E-state index contributed by atoms with van der Waals surface area (Å²) in [7, 11) is 0. The number of halogens is 2. The molecule has 1 aliphatic heterocycles. The number of carbonyl (C=O) groups excluding carboxylic acids is 1. The molecule has 1 aliphatic rings. The van der Waals surface area contributed by atoms with E-state index in [1.165, 1.54) is 4.90 Å². The molecule has 1 aromatic carbocycles. The molecule has 2 atom stereocenters. The Balaban J connectivity index is 2.00. The highest BCUT2D eigenvalue weighted by Crippen LogP contribution is 2.27. The molecule has 24 heavy (non-hydrogen) atoms. The Morgan fingerprint density at radius 1 is 1.46 bits per heavy atom. The molecule has 1 aromatic rings. The lowest BCUT2D eigenvalue weighted by Gasteiger charge is -2.35. The highest BCUT2D eigenvalue weighted by atomic mass is 79.9. The third-order valence-electron chi connectivity index (χ3n) is 3.47. The highest BCUT2D eigenvalue weighted by Gasteiger charge is 2.35. The molecule has 1 unspecified atom stereocenters. The van der Waals surface area contributed by atoms with Gasteiger partial charge in [0.1, 0.15) is 23.5 Å².